The molecular weight excluding hydrogens is 1180 g/mol. The monoisotopic (exact) mass is 1240 g/mol. The van der Waals surface area contributed by atoms with Gasteiger partial charge < -0.3 is 35.5 Å². The van der Waals surface area contributed by atoms with Crippen LogP contribution in [0, 0.1) is 3.57 Å². The van der Waals surface area contributed by atoms with E-state index in [-0.39, 0.29) is 78.2 Å². The molecule has 81 heavy (non-hydrogen) atoms. The van der Waals surface area contributed by atoms with Crippen LogP contribution in [0.2, 0.25) is 5.02 Å². The molecule has 2 aromatic carbocycles. The van der Waals surface area contributed by atoms with Crippen molar-refractivity contribution in [2.75, 3.05) is 19.6 Å². The minimum absolute atomic E-state index is 0. The first-order valence-electron chi connectivity index (χ1n) is 25.5. The van der Waals surface area contributed by atoms with Crippen LogP contribution in [0.3, 0.4) is 0 Å². The average Bonchev–Trinajstić information content (AvgIpc) is 4.12. The number of aromatic amines is 1. The van der Waals surface area contributed by atoms with Gasteiger partial charge in [-0.1, -0.05) is 93.0 Å². The number of fused-ring (bicyclic) bond motifs is 4. The zero-order valence-electron chi connectivity index (χ0n) is 49.0. The zero-order chi connectivity index (χ0) is 57.2. The second-order valence-electron chi connectivity index (χ2n) is 19.5. The summed E-state index contributed by atoms with van der Waals surface area (Å²) in [6, 6.07) is 39.9. The van der Waals surface area contributed by atoms with Gasteiger partial charge in [-0.2, -0.15) is 0 Å². The number of carbonyl (C=O) groups is 2. The molecule has 8 aromatic heterocycles. The van der Waals surface area contributed by atoms with Crippen LogP contribution >= 0.6 is 34.2 Å². The maximum atomic E-state index is 12.0. The normalized spacial score (nSPS) is 12.6. The Balaban J connectivity index is 0.000000277. The summed E-state index contributed by atoms with van der Waals surface area (Å²) in [5.74, 6) is 0. The quantitative estimate of drug-likeness (QED) is 0.0551. The summed E-state index contributed by atoms with van der Waals surface area (Å²) in [5.41, 5.74) is 8.29. The van der Waals surface area contributed by atoms with Crippen molar-refractivity contribution < 1.29 is 94.3 Å². The van der Waals surface area contributed by atoms with Crippen molar-refractivity contribution in [3.63, 3.8) is 0 Å². The molecule has 1 fully saturated rings. The summed E-state index contributed by atoms with van der Waals surface area (Å²) in [4.78, 5) is 55.4. The molecule has 1 N–H and O–H groups in total. The van der Waals surface area contributed by atoms with E-state index < -0.39 is 11.7 Å². The number of nitrogens with zero attached hydrogens (tertiary/aromatic N) is 8. The smallest absolute Gasteiger partial charge is 1.00 e. The number of halogens is 2. The molecule has 0 spiro atoms. The Kier molecular flexibility index (Phi) is 27.5. The van der Waals surface area contributed by atoms with Gasteiger partial charge in [0, 0.05) is 79.0 Å². The Hall–Kier alpha value is -5.20. The summed E-state index contributed by atoms with van der Waals surface area (Å²) in [7, 11) is 1.42. The standard InChI is InChI=1S/C21H14N4.C14H9ClN2.C12H13IN2O2.C6H12BO2.C6H15N.CH2O3.2Na.H/c1-2-5-14(6-3-1)19-9-8-17-15(10-12-23-21(17)25-19)18-13-24-20-16(18)7-4-11-22-20;15-12-8-9-16-14-11(12)6-7-13(17-14)10-4-2-1-3-5-10;1-12(2,3)17-11(16)15-7-9(13)8-5-4-6-14-10(8)15;1-5(2)6(3,4)9-7-8-5;1-4-7(5-2)6-3;2-1-4-3;;;/h1-13H,(H,22,24);1-9H;4-7H,1-3H3;1-4H3;4-6H2,1-3H3;1,3H;;;/q;;;;;;2*+1;-1/p-1. The number of nitrogens with one attached hydrogen (secondary N) is 1. The molecule has 0 unspecified atom stereocenters. The number of ether oxygens (including phenoxy) is 1. The van der Waals surface area contributed by atoms with Gasteiger partial charge in [0.05, 0.1) is 27.6 Å². The van der Waals surface area contributed by atoms with Crippen molar-refractivity contribution in [3.05, 3.63) is 167 Å². The Morgan fingerprint density at radius 1 is 0.704 bits per heavy atom. The van der Waals surface area contributed by atoms with Crippen molar-refractivity contribution in [3.8, 4) is 33.6 Å². The molecule has 0 amide bonds. The number of rotatable bonds is 7. The van der Waals surface area contributed by atoms with Crippen LogP contribution in [0.25, 0.3) is 77.8 Å². The topological polar surface area (TPSA) is 195 Å². The van der Waals surface area contributed by atoms with Gasteiger partial charge in [0.25, 0.3) is 6.47 Å². The number of pyridine rings is 6. The number of benzene rings is 2. The molecule has 16 nitrogen and oxygen atoms in total. The molecule has 1 aliphatic heterocycles. The Morgan fingerprint density at radius 3 is 1.70 bits per heavy atom. The first-order chi connectivity index (χ1) is 37.8. The first kappa shape index (κ1) is 68.3. The van der Waals surface area contributed by atoms with Crippen molar-refractivity contribution in [1.29, 1.82) is 0 Å². The maximum absolute atomic E-state index is 12.0. The summed E-state index contributed by atoms with van der Waals surface area (Å²) >= 11 is 8.26. The van der Waals surface area contributed by atoms with Gasteiger partial charge in [-0.25, -0.2) is 39.3 Å². The molecule has 0 bridgehead atoms. The third kappa shape index (κ3) is 18.9. The second-order valence-corrected chi connectivity index (χ2v) is 21.1. The molecule has 1 radical (unpaired) electrons. The number of H-pyrrole nitrogens is 1. The molecule has 0 aliphatic carbocycles. The van der Waals surface area contributed by atoms with Gasteiger partial charge in [0.15, 0.2) is 11.3 Å². The van der Waals surface area contributed by atoms with Crippen LogP contribution in [-0.2, 0) is 23.7 Å². The molecular formula is C60H65BClIN9Na2O7. The maximum Gasteiger partial charge on any atom is 1.00 e. The van der Waals surface area contributed by atoms with Gasteiger partial charge in [-0.3, -0.25) is 4.79 Å². The van der Waals surface area contributed by atoms with E-state index in [9.17, 15) is 4.79 Å². The van der Waals surface area contributed by atoms with E-state index in [1.54, 1.807) is 30.9 Å². The van der Waals surface area contributed by atoms with E-state index >= 15 is 0 Å². The Labute approximate surface area is 538 Å². The number of hydrogen-bond acceptors (Lipinski definition) is 14. The average molecular weight is 1240 g/mol. The Bertz CT molecular complexity index is 3560. The van der Waals surface area contributed by atoms with Gasteiger partial charge in [0.2, 0.25) is 0 Å². The van der Waals surface area contributed by atoms with E-state index in [0.717, 1.165) is 70.1 Å². The molecule has 0 atom stereocenters. The fourth-order valence-corrected chi connectivity index (χ4v) is 8.57. The van der Waals surface area contributed by atoms with Crippen molar-refractivity contribution in [2.45, 2.75) is 86.0 Å². The van der Waals surface area contributed by atoms with Gasteiger partial charge in [0.1, 0.15) is 16.9 Å². The molecule has 21 heteroatoms. The molecule has 411 valence electrons. The summed E-state index contributed by atoms with van der Waals surface area (Å²) in [5, 5.41) is 13.1. The van der Waals surface area contributed by atoms with Crippen LogP contribution in [0.4, 0.5) is 4.79 Å². The SMILES string of the molecule is CC(C)(C)OC(=O)n1cc(I)c2cccnc21.CC1(C)O[B]OC1(C)C.CCN(CC)CC.Clc1ccnc2nc(-c3ccccc3)ccc12.O=CO[O-].[H-].[Na+].[Na+].c1ccc(-c2ccc3c(-c4c[nH]c5ncccc45)ccnc3n2)cc1. The predicted octanol–water partition coefficient (Wildman–Crippen LogP) is 7.24. The van der Waals surface area contributed by atoms with Crippen LogP contribution in [0.1, 0.15) is 70.7 Å². The third-order valence-corrected chi connectivity index (χ3v) is 13.8. The summed E-state index contributed by atoms with van der Waals surface area (Å²) in [6.07, 6.45) is 10.3. The van der Waals surface area contributed by atoms with Crippen LogP contribution in [0.5, 0.6) is 0 Å². The molecule has 10 aromatic rings. The Morgan fingerprint density at radius 2 is 1.21 bits per heavy atom. The van der Waals surface area contributed by atoms with Gasteiger partial charge >= 0.3 is 72.9 Å². The third-order valence-electron chi connectivity index (χ3n) is 12.7. The van der Waals surface area contributed by atoms with E-state index in [1.807, 2.05) is 146 Å². The summed E-state index contributed by atoms with van der Waals surface area (Å²) < 4.78 is 18.2. The van der Waals surface area contributed by atoms with Crippen molar-refractivity contribution in [2.24, 2.45) is 0 Å². The fraction of sp³-hybridized carbons (Fsp3) is 0.267. The van der Waals surface area contributed by atoms with Gasteiger partial charge in [-0.15, -0.1) is 0 Å². The molecule has 1 saturated heterocycles. The largest absolute Gasteiger partial charge is 1.00 e. The number of hydrogen-bond donors (Lipinski definition) is 1. The van der Waals surface area contributed by atoms with Crippen LogP contribution in [-0.4, -0.2) is 101 Å². The number of aromatic nitrogens is 8. The minimum atomic E-state index is -0.506. The predicted molar refractivity (Wildman–Crippen MR) is 322 cm³/mol. The van der Waals surface area contributed by atoms with E-state index in [4.69, 9.17) is 40.7 Å². The molecule has 0 saturated carbocycles. The number of carbonyl (C=O) groups excluding carboxylic acids is 2. The van der Waals surface area contributed by atoms with Crippen LogP contribution < -0.4 is 64.4 Å². The van der Waals surface area contributed by atoms with Crippen LogP contribution in [0.15, 0.2) is 159 Å². The minimum Gasteiger partial charge on any atom is -1.00 e. The van der Waals surface area contributed by atoms with E-state index in [2.05, 4.69) is 113 Å². The first-order valence-corrected chi connectivity index (χ1v) is 27.0. The zero-order valence-corrected chi connectivity index (χ0v) is 54.9. The van der Waals surface area contributed by atoms with E-state index in [0.29, 0.717) is 16.3 Å². The fourth-order valence-electron chi connectivity index (χ4n) is 7.67. The van der Waals surface area contributed by atoms with E-state index in [1.165, 1.54) is 31.9 Å². The van der Waals surface area contributed by atoms with Crippen molar-refractivity contribution in [1.82, 2.24) is 44.4 Å². The summed E-state index contributed by atoms with van der Waals surface area (Å²) in [6.45, 7) is 23.5. The second kappa shape index (κ2) is 32.6. The van der Waals surface area contributed by atoms with Crippen molar-refractivity contribution >= 4 is 98.6 Å². The molecule has 1 aliphatic rings. The molecule has 11 rings (SSSR count). The molecule has 9 heterocycles. The van der Waals surface area contributed by atoms with Gasteiger partial charge in [-0.05, 0) is 157 Å².